The Bertz CT molecular complexity index is 582. The maximum atomic E-state index is 11.7. The maximum Gasteiger partial charge on any atom is 0.334 e. The van der Waals surface area contributed by atoms with Crippen LogP contribution >= 0.6 is 11.3 Å². The van der Waals surface area contributed by atoms with E-state index in [4.69, 9.17) is 5.84 Å². The molecular formula is C10H10N4O4S. The van der Waals surface area contributed by atoms with Gasteiger partial charge in [0.15, 0.2) is 0 Å². The highest BCUT2D eigenvalue weighted by atomic mass is 32.1. The van der Waals surface area contributed by atoms with Gasteiger partial charge in [0.25, 0.3) is 5.91 Å². The molecule has 8 nitrogen and oxygen atoms in total. The number of thiophene rings is 1. The summed E-state index contributed by atoms with van der Waals surface area (Å²) in [4.78, 5) is 47.9. The number of amides is 5. The zero-order valence-corrected chi connectivity index (χ0v) is 10.7. The van der Waals surface area contributed by atoms with Gasteiger partial charge >= 0.3 is 17.8 Å². The first-order valence-corrected chi connectivity index (χ1v) is 6.06. The molecule has 9 heteroatoms. The summed E-state index contributed by atoms with van der Waals surface area (Å²) in [5.74, 6) is 2.74. The van der Waals surface area contributed by atoms with E-state index in [1.54, 1.807) is 11.4 Å². The van der Waals surface area contributed by atoms with Crippen molar-refractivity contribution in [1.29, 1.82) is 0 Å². The standard InChI is InChI=1S/C10H10N4O4S/c1-13-8(16)9(17)14(10(13)18)4-5-2-3-19-6(5)7(15)12-11/h2-3H,4,11H2,1H3,(H,12,15). The van der Waals surface area contributed by atoms with E-state index in [2.05, 4.69) is 0 Å². The number of hydrogen-bond acceptors (Lipinski definition) is 6. The second-order valence-corrected chi connectivity index (χ2v) is 4.70. The Hall–Kier alpha value is -2.26. The van der Waals surface area contributed by atoms with Crippen LogP contribution in [0.25, 0.3) is 0 Å². The molecule has 1 aromatic heterocycles. The number of nitrogens with zero attached hydrogens (tertiary/aromatic N) is 2. The van der Waals surface area contributed by atoms with E-state index >= 15 is 0 Å². The summed E-state index contributed by atoms with van der Waals surface area (Å²) in [5, 5.41) is 1.64. The first-order valence-electron chi connectivity index (χ1n) is 5.18. The normalized spacial score (nSPS) is 15.4. The molecule has 5 amide bonds. The Labute approximate surface area is 111 Å². The summed E-state index contributed by atoms with van der Waals surface area (Å²) in [5.41, 5.74) is 2.43. The molecule has 0 bridgehead atoms. The first-order chi connectivity index (χ1) is 8.97. The number of nitrogen functional groups attached to an aromatic ring is 1. The first kappa shape index (κ1) is 13.2. The van der Waals surface area contributed by atoms with Crippen molar-refractivity contribution in [2.75, 3.05) is 7.05 Å². The molecule has 1 aliphatic heterocycles. The third-order valence-electron chi connectivity index (χ3n) is 2.66. The average Bonchev–Trinajstić information content (AvgIpc) is 2.94. The zero-order chi connectivity index (χ0) is 14.2. The van der Waals surface area contributed by atoms with Crippen molar-refractivity contribution in [1.82, 2.24) is 15.2 Å². The summed E-state index contributed by atoms with van der Waals surface area (Å²) in [6.45, 7) is -0.139. The van der Waals surface area contributed by atoms with Crippen molar-refractivity contribution in [3.8, 4) is 0 Å². The van der Waals surface area contributed by atoms with Gasteiger partial charge in [0.1, 0.15) is 0 Å². The number of hydrazine groups is 1. The van der Waals surface area contributed by atoms with Gasteiger partial charge in [0.05, 0.1) is 11.4 Å². The van der Waals surface area contributed by atoms with Gasteiger partial charge in [0.2, 0.25) is 0 Å². The van der Waals surface area contributed by atoms with Gasteiger partial charge in [-0.25, -0.2) is 10.6 Å². The van der Waals surface area contributed by atoms with Gasteiger partial charge in [-0.1, -0.05) is 0 Å². The van der Waals surface area contributed by atoms with E-state index in [9.17, 15) is 19.2 Å². The van der Waals surface area contributed by atoms with Crippen LogP contribution in [0.3, 0.4) is 0 Å². The van der Waals surface area contributed by atoms with Crippen LogP contribution in [0.1, 0.15) is 15.2 Å². The molecule has 0 spiro atoms. The van der Waals surface area contributed by atoms with Crippen LogP contribution in [0.5, 0.6) is 0 Å². The van der Waals surface area contributed by atoms with E-state index in [0.717, 1.165) is 21.1 Å². The number of carbonyl (C=O) groups excluding carboxylic acids is 4. The molecule has 0 radical (unpaired) electrons. The fourth-order valence-corrected chi connectivity index (χ4v) is 2.47. The molecule has 1 fully saturated rings. The van der Waals surface area contributed by atoms with E-state index in [1.165, 1.54) is 7.05 Å². The molecule has 0 aromatic carbocycles. The third kappa shape index (κ3) is 2.09. The SMILES string of the molecule is CN1C(=O)C(=O)N(Cc2ccsc2C(=O)NN)C1=O. The van der Waals surface area contributed by atoms with Gasteiger partial charge in [-0.05, 0) is 17.0 Å². The molecule has 3 N–H and O–H groups in total. The molecule has 100 valence electrons. The number of urea groups is 1. The minimum Gasteiger partial charge on any atom is -0.289 e. The Balaban J connectivity index is 2.25. The van der Waals surface area contributed by atoms with E-state index in [0.29, 0.717) is 10.4 Å². The fraction of sp³-hybridized carbons (Fsp3) is 0.200. The molecule has 1 aromatic rings. The van der Waals surface area contributed by atoms with Crippen molar-refractivity contribution in [2.24, 2.45) is 5.84 Å². The second kappa shape index (κ2) is 4.78. The smallest absolute Gasteiger partial charge is 0.289 e. The minimum absolute atomic E-state index is 0.139. The monoisotopic (exact) mass is 282 g/mol. The van der Waals surface area contributed by atoms with Crippen molar-refractivity contribution in [2.45, 2.75) is 6.54 Å². The second-order valence-electron chi connectivity index (χ2n) is 3.79. The highest BCUT2D eigenvalue weighted by Crippen LogP contribution is 2.21. The van der Waals surface area contributed by atoms with Crippen LogP contribution in [-0.2, 0) is 16.1 Å². The summed E-state index contributed by atoms with van der Waals surface area (Å²) in [6.07, 6.45) is 0. The molecule has 0 saturated carbocycles. The van der Waals surface area contributed by atoms with Gasteiger partial charge in [-0.15, -0.1) is 11.3 Å². The van der Waals surface area contributed by atoms with E-state index in [-0.39, 0.29) is 6.54 Å². The lowest BCUT2D eigenvalue weighted by Crippen LogP contribution is -2.33. The molecule has 19 heavy (non-hydrogen) atoms. The van der Waals surface area contributed by atoms with Gasteiger partial charge in [-0.3, -0.25) is 29.6 Å². The molecule has 2 rings (SSSR count). The predicted molar refractivity (Wildman–Crippen MR) is 64.7 cm³/mol. The minimum atomic E-state index is -0.905. The Morgan fingerprint density at radius 2 is 2.05 bits per heavy atom. The van der Waals surface area contributed by atoms with Crippen LogP contribution in [0.4, 0.5) is 4.79 Å². The van der Waals surface area contributed by atoms with Crippen molar-refractivity contribution < 1.29 is 19.2 Å². The lowest BCUT2D eigenvalue weighted by atomic mass is 10.2. The van der Waals surface area contributed by atoms with E-state index in [1.807, 2.05) is 5.43 Å². The summed E-state index contributed by atoms with van der Waals surface area (Å²) < 4.78 is 0. The van der Waals surface area contributed by atoms with E-state index < -0.39 is 23.8 Å². The fourth-order valence-electron chi connectivity index (χ4n) is 1.65. The average molecular weight is 282 g/mol. The predicted octanol–water partition coefficient (Wildman–Crippen LogP) is -0.728. The lowest BCUT2D eigenvalue weighted by Gasteiger charge is -2.12. The molecule has 2 heterocycles. The number of nitrogens with one attached hydrogen (secondary N) is 1. The Kier molecular flexibility index (Phi) is 3.32. The highest BCUT2D eigenvalue weighted by molar-refractivity contribution is 7.12. The largest absolute Gasteiger partial charge is 0.334 e. The summed E-state index contributed by atoms with van der Waals surface area (Å²) in [7, 11) is 1.23. The highest BCUT2D eigenvalue weighted by Gasteiger charge is 2.42. The number of carbonyl (C=O) groups is 4. The van der Waals surface area contributed by atoms with Crippen LogP contribution in [0.2, 0.25) is 0 Å². The molecular weight excluding hydrogens is 272 g/mol. The Morgan fingerprint density at radius 1 is 1.37 bits per heavy atom. The van der Waals surface area contributed by atoms with Gasteiger partial charge in [-0.2, -0.15) is 0 Å². The summed E-state index contributed by atoms with van der Waals surface area (Å²) >= 11 is 1.13. The number of imide groups is 2. The molecule has 1 aliphatic rings. The van der Waals surface area contributed by atoms with Crippen LogP contribution in [0.15, 0.2) is 11.4 Å². The van der Waals surface area contributed by atoms with Crippen molar-refractivity contribution >= 4 is 35.1 Å². The third-order valence-corrected chi connectivity index (χ3v) is 3.62. The molecule has 0 aliphatic carbocycles. The van der Waals surface area contributed by atoms with Crippen LogP contribution < -0.4 is 11.3 Å². The van der Waals surface area contributed by atoms with Crippen molar-refractivity contribution in [3.05, 3.63) is 21.9 Å². The number of hydrogen-bond donors (Lipinski definition) is 2. The number of rotatable bonds is 3. The summed E-state index contributed by atoms with van der Waals surface area (Å²) in [6, 6.07) is 0.888. The van der Waals surface area contributed by atoms with Crippen LogP contribution in [-0.4, -0.2) is 40.6 Å². The topological polar surface area (TPSA) is 113 Å². The van der Waals surface area contributed by atoms with Gasteiger partial charge in [0, 0.05) is 7.05 Å². The maximum absolute atomic E-state index is 11.7. The van der Waals surface area contributed by atoms with Crippen LogP contribution in [0, 0.1) is 0 Å². The number of nitrogens with two attached hydrogens (primary N) is 1. The zero-order valence-electron chi connectivity index (χ0n) is 9.87. The quantitative estimate of drug-likeness (QED) is 0.249. The molecule has 0 atom stereocenters. The van der Waals surface area contributed by atoms with Gasteiger partial charge < -0.3 is 0 Å². The molecule has 1 saturated heterocycles. The van der Waals surface area contributed by atoms with Crippen molar-refractivity contribution in [3.63, 3.8) is 0 Å². The number of likely N-dealkylation sites (N-methyl/N-ethyl adjacent to an activating group) is 1. The lowest BCUT2D eigenvalue weighted by molar-refractivity contribution is -0.143. The molecule has 0 unspecified atom stereocenters. The Morgan fingerprint density at radius 3 is 2.58 bits per heavy atom.